The molecule has 1 atom stereocenters. The van der Waals surface area contributed by atoms with Crippen LogP contribution in [0.4, 0.5) is 0 Å². The van der Waals surface area contributed by atoms with Gasteiger partial charge in [-0.1, -0.05) is 25.7 Å². The molecule has 0 amide bonds. The van der Waals surface area contributed by atoms with E-state index in [1.165, 1.54) is 38.5 Å². The van der Waals surface area contributed by atoms with Crippen molar-refractivity contribution in [3.05, 3.63) is 24.2 Å². The van der Waals surface area contributed by atoms with Crippen molar-refractivity contribution in [3.63, 3.8) is 0 Å². The zero-order valence-electron chi connectivity index (χ0n) is 11.7. The second-order valence-electron chi connectivity index (χ2n) is 5.80. The van der Waals surface area contributed by atoms with Gasteiger partial charge in [0.1, 0.15) is 5.76 Å². The fourth-order valence-electron chi connectivity index (χ4n) is 3.33. The molecule has 102 valence electrons. The Labute approximate surface area is 110 Å². The Morgan fingerprint density at radius 2 is 1.94 bits per heavy atom. The molecule has 0 saturated heterocycles. The van der Waals surface area contributed by atoms with Crippen molar-refractivity contribution in [2.45, 2.75) is 56.5 Å². The quantitative estimate of drug-likeness (QED) is 0.836. The van der Waals surface area contributed by atoms with Gasteiger partial charge in [0.05, 0.1) is 6.26 Å². The summed E-state index contributed by atoms with van der Waals surface area (Å²) in [6.07, 6.45) is 10.3. The fraction of sp³-hybridized carbons (Fsp3) is 0.733. The van der Waals surface area contributed by atoms with E-state index in [9.17, 15) is 0 Å². The highest BCUT2D eigenvalue weighted by Gasteiger charge is 2.39. The van der Waals surface area contributed by atoms with E-state index < -0.39 is 0 Å². The maximum absolute atomic E-state index is 6.54. The van der Waals surface area contributed by atoms with Gasteiger partial charge in [-0.3, -0.25) is 0 Å². The third-order valence-electron chi connectivity index (χ3n) is 4.55. The third-order valence-corrected chi connectivity index (χ3v) is 4.55. The molecule has 1 unspecified atom stereocenters. The average Bonchev–Trinajstić information content (AvgIpc) is 2.70. The summed E-state index contributed by atoms with van der Waals surface area (Å²) < 4.78 is 5.45. The van der Waals surface area contributed by atoms with Crippen molar-refractivity contribution >= 4 is 0 Å². The molecule has 0 aromatic carbocycles. The van der Waals surface area contributed by atoms with Crippen LogP contribution in [0.2, 0.25) is 0 Å². The molecule has 1 aliphatic rings. The van der Waals surface area contributed by atoms with Gasteiger partial charge in [0, 0.05) is 18.0 Å². The number of hydrogen-bond donors (Lipinski definition) is 1. The number of nitrogens with two attached hydrogens (primary N) is 1. The van der Waals surface area contributed by atoms with Gasteiger partial charge in [-0.05, 0) is 39.1 Å². The molecule has 1 aromatic rings. The highest BCUT2D eigenvalue weighted by molar-refractivity contribution is 5.06. The van der Waals surface area contributed by atoms with E-state index in [0.717, 1.165) is 12.2 Å². The lowest BCUT2D eigenvalue weighted by Gasteiger charge is -2.44. The molecular weight excluding hydrogens is 224 g/mol. The average molecular weight is 250 g/mol. The summed E-state index contributed by atoms with van der Waals surface area (Å²) in [7, 11) is 4.35. The van der Waals surface area contributed by atoms with Crippen LogP contribution in [-0.4, -0.2) is 30.6 Å². The molecule has 1 fully saturated rings. The molecule has 2 rings (SSSR count). The standard InChI is InChI=1S/C15H26N2O/c1-17(2)15(9-5-3-4-6-10-15)14(16)12-13-8-7-11-18-13/h7-8,11,14H,3-6,9-10,12,16H2,1-2H3. The van der Waals surface area contributed by atoms with Crippen LogP contribution in [0.5, 0.6) is 0 Å². The van der Waals surface area contributed by atoms with Crippen LogP contribution in [0.15, 0.2) is 22.8 Å². The molecule has 3 nitrogen and oxygen atoms in total. The number of hydrogen-bond acceptors (Lipinski definition) is 3. The second kappa shape index (κ2) is 5.89. The van der Waals surface area contributed by atoms with E-state index >= 15 is 0 Å². The highest BCUT2D eigenvalue weighted by atomic mass is 16.3. The molecule has 1 heterocycles. The van der Waals surface area contributed by atoms with E-state index in [1.807, 2.05) is 12.1 Å². The Balaban J connectivity index is 2.12. The summed E-state index contributed by atoms with van der Waals surface area (Å²) in [6, 6.07) is 4.12. The lowest BCUT2D eigenvalue weighted by molar-refractivity contribution is 0.0946. The van der Waals surface area contributed by atoms with E-state index in [1.54, 1.807) is 6.26 Å². The van der Waals surface area contributed by atoms with Crippen LogP contribution in [0.25, 0.3) is 0 Å². The number of likely N-dealkylation sites (N-methyl/N-ethyl adjacent to an activating group) is 1. The first-order valence-electron chi connectivity index (χ1n) is 7.10. The highest BCUT2D eigenvalue weighted by Crippen LogP contribution is 2.34. The predicted molar refractivity (Wildman–Crippen MR) is 74.5 cm³/mol. The molecule has 1 aromatic heterocycles. The summed E-state index contributed by atoms with van der Waals surface area (Å²) >= 11 is 0. The van der Waals surface area contributed by atoms with E-state index in [0.29, 0.717) is 0 Å². The van der Waals surface area contributed by atoms with Gasteiger partial charge in [0.25, 0.3) is 0 Å². The van der Waals surface area contributed by atoms with Crippen LogP contribution in [0.3, 0.4) is 0 Å². The van der Waals surface area contributed by atoms with Crippen molar-refractivity contribution < 1.29 is 4.42 Å². The lowest BCUT2D eigenvalue weighted by atomic mass is 9.80. The maximum atomic E-state index is 6.54. The van der Waals surface area contributed by atoms with Gasteiger partial charge in [-0.15, -0.1) is 0 Å². The van der Waals surface area contributed by atoms with Crippen molar-refractivity contribution in [2.75, 3.05) is 14.1 Å². The number of furan rings is 1. The van der Waals surface area contributed by atoms with Gasteiger partial charge >= 0.3 is 0 Å². The first-order chi connectivity index (χ1) is 8.65. The van der Waals surface area contributed by atoms with E-state index in [4.69, 9.17) is 10.2 Å². The zero-order chi connectivity index (χ0) is 13.0. The van der Waals surface area contributed by atoms with Crippen LogP contribution in [-0.2, 0) is 6.42 Å². The Hall–Kier alpha value is -0.800. The molecule has 1 aliphatic carbocycles. The number of nitrogens with zero attached hydrogens (tertiary/aromatic N) is 1. The molecule has 0 spiro atoms. The first kappa shape index (κ1) is 13.6. The minimum atomic E-state index is 0.142. The number of rotatable bonds is 4. The van der Waals surface area contributed by atoms with Crippen LogP contribution < -0.4 is 5.73 Å². The smallest absolute Gasteiger partial charge is 0.105 e. The van der Waals surface area contributed by atoms with Crippen molar-refractivity contribution in [3.8, 4) is 0 Å². The van der Waals surface area contributed by atoms with Crippen LogP contribution in [0.1, 0.15) is 44.3 Å². The van der Waals surface area contributed by atoms with Crippen molar-refractivity contribution in [1.29, 1.82) is 0 Å². The lowest BCUT2D eigenvalue weighted by Crippen LogP contribution is -2.58. The topological polar surface area (TPSA) is 42.4 Å². The largest absolute Gasteiger partial charge is 0.469 e. The van der Waals surface area contributed by atoms with Crippen LogP contribution >= 0.6 is 0 Å². The van der Waals surface area contributed by atoms with Gasteiger partial charge in [-0.25, -0.2) is 0 Å². The molecule has 1 saturated carbocycles. The minimum absolute atomic E-state index is 0.142. The Morgan fingerprint density at radius 1 is 1.28 bits per heavy atom. The second-order valence-corrected chi connectivity index (χ2v) is 5.80. The van der Waals surface area contributed by atoms with Crippen LogP contribution in [0, 0.1) is 0 Å². The monoisotopic (exact) mass is 250 g/mol. The van der Waals surface area contributed by atoms with Crippen molar-refractivity contribution in [2.24, 2.45) is 5.73 Å². The van der Waals surface area contributed by atoms with Gasteiger partial charge in [0.15, 0.2) is 0 Å². The maximum Gasteiger partial charge on any atom is 0.105 e. The molecule has 0 bridgehead atoms. The molecule has 3 heteroatoms. The summed E-state index contributed by atoms with van der Waals surface area (Å²) in [4.78, 5) is 2.35. The summed E-state index contributed by atoms with van der Waals surface area (Å²) in [5.74, 6) is 1.01. The first-order valence-corrected chi connectivity index (χ1v) is 7.10. The normalized spacial score (nSPS) is 21.8. The molecular formula is C15H26N2O. The summed E-state index contributed by atoms with van der Waals surface area (Å²) in [5, 5.41) is 0. The van der Waals surface area contributed by atoms with E-state index in [2.05, 4.69) is 19.0 Å². The fourth-order valence-corrected chi connectivity index (χ4v) is 3.33. The molecule has 18 heavy (non-hydrogen) atoms. The van der Waals surface area contributed by atoms with Gasteiger partial charge in [0.2, 0.25) is 0 Å². The molecule has 2 N–H and O–H groups in total. The van der Waals surface area contributed by atoms with Gasteiger partial charge in [-0.2, -0.15) is 0 Å². The molecule has 0 aliphatic heterocycles. The SMILES string of the molecule is CN(C)C1(C(N)Cc2ccco2)CCCCCC1. The Morgan fingerprint density at radius 3 is 2.44 bits per heavy atom. The third kappa shape index (κ3) is 2.78. The van der Waals surface area contributed by atoms with Gasteiger partial charge < -0.3 is 15.1 Å². The van der Waals surface area contributed by atoms with E-state index in [-0.39, 0.29) is 11.6 Å². The zero-order valence-corrected chi connectivity index (χ0v) is 11.7. The van der Waals surface area contributed by atoms with Crippen molar-refractivity contribution in [1.82, 2.24) is 4.90 Å². The summed E-state index contributed by atoms with van der Waals surface area (Å²) in [5.41, 5.74) is 6.69. The Kier molecular flexibility index (Phi) is 4.46. The molecule has 0 radical (unpaired) electrons. The predicted octanol–water partition coefficient (Wildman–Crippen LogP) is 2.80. The summed E-state index contributed by atoms with van der Waals surface area (Å²) in [6.45, 7) is 0. The Bertz CT molecular complexity index is 337. The minimum Gasteiger partial charge on any atom is -0.469 e.